The molecule has 0 radical (unpaired) electrons. The standard InChI is InChI=1S/C13H23F/c1-9-6-12(7-10(9)2)11-4-3-5-13(14)8-11/h9-13H,3-8H2,1-2H3. The normalized spacial score (nSPS) is 49.5. The van der Waals surface area contributed by atoms with Crippen LogP contribution in [-0.2, 0) is 0 Å². The first-order valence-electron chi connectivity index (χ1n) is 6.31. The minimum atomic E-state index is -0.486. The zero-order valence-electron chi connectivity index (χ0n) is 9.51. The van der Waals surface area contributed by atoms with Crippen molar-refractivity contribution in [3.8, 4) is 0 Å². The first-order valence-corrected chi connectivity index (χ1v) is 6.31. The lowest BCUT2D eigenvalue weighted by atomic mass is 9.78. The second-order valence-corrected chi connectivity index (χ2v) is 5.71. The first-order chi connectivity index (χ1) is 6.66. The van der Waals surface area contributed by atoms with Crippen molar-refractivity contribution in [1.29, 1.82) is 0 Å². The summed E-state index contributed by atoms with van der Waals surface area (Å²) >= 11 is 0. The lowest BCUT2D eigenvalue weighted by Crippen LogP contribution is -2.22. The minimum absolute atomic E-state index is 0.486. The topological polar surface area (TPSA) is 0 Å². The summed E-state index contributed by atoms with van der Waals surface area (Å²) in [6.07, 6.45) is 6.35. The van der Waals surface area contributed by atoms with Gasteiger partial charge in [-0.25, -0.2) is 4.39 Å². The Hall–Kier alpha value is -0.0700. The number of hydrogen-bond donors (Lipinski definition) is 0. The van der Waals surface area contributed by atoms with Crippen molar-refractivity contribution in [2.24, 2.45) is 23.7 Å². The quantitative estimate of drug-likeness (QED) is 0.592. The highest BCUT2D eigenvalue weighted by molar-refractivity contribution is 4.86. The maximum atomic E-state index is 13.3. The number of alkyl halides is 1. The zero-order valence-corrected chi connectivity index (χ0v) is 9.51. The van der Waals surface area contributed by atoms with Gasteiger partial charge in [0.2, 0.25) is 0 Å². The molecule has 0 aliphatic heterocycles. The molecule has 2 rings (SSSR count). The van der Waals surface area contributed by atoms with Gasteiger partial charge in [0.05, 0.1) is 0 Å². The van der Waals surface area contributed by atoms with Crippen molar-refractivity contribution in [2.75, 3.05) is 0 Å². The summed E-state index contributed by atoms with van der Waals surface area (Å²) in [5.74, 6) is 3.31. The van der Waals surface area contributed by atoms with Crippen LogP contribution in [-0.4, -0.2) is 6.17 Å². The molecule has 2 saturated carbocycles. The summed E-state index contributed by atoms with van der Waals surface area (Å²) in [4.78, 5) is 0. The average Bonchev–Trinajstić information content (AvgIpc) is 2.47. The molecule has 4 atom stereocenters. The van der Waals surface area contributed by atoms with Gasteiger partial charge < -0.3 is 0 Å². The van der Waals surface area contributed by atoms with Crippen LogP contribution < -0.4 is 0 Å². The number of halogens is 1. The van der Waals surface area contributed by atoms with Gasteiger partial charge in [0.1, 0.15) is 6.17 Å². The summed E-state index contributed by atoms with van der Waals surface area (Å²) in [6.45, 7) is 4.72. The van der Waals surface area contributed by atoms with Crippen LogP contribution in [0, 0.1) is 23.7 Å². The second kappa shape index (κ2) is 4.20. The summed E-state index contributed by atoms with van der Waals surface area (Å²) < 4.78 is 13.3. The number of rotatable bonds is 1. The van der Waals surface area contributed by atoms with Crippen molar-refractivity contribution in [3.05, 3.63) is 0 Å². The fourth-order valence-corrected chi connectivity index (χ4v) is 3.49. The Labute approximate surface area is 87.3 Å². The van der Waals surface area contributed by atoms with E-state index in [4.69, 9.17) is 0 Å². The molecule has 0 aromatic carbocycles. The van der Waals surface area contributed by atoms with Crippen molar-refractivity contribution in [1.82, 2.24) is 0 Å². The van der Waals surface area contributed by atoms with Crippen molar-refractivity contribution in [3.63, 3.8) is 0 Å². The van der Waals surface area contributed by atoms with E-state index in [2.05, 4.69) is 13.8 Å². The smallest absolute Gasteiger partial charge is 0.100 e. The third-order valence-corrected chi connectivity index (χ3v) is 4.64. The lowest BCUT2D eigenvalue weighted by Gasteiger charge is -2.29. The van der Waals surface area contributed by atoms with E-state index in [1.54, 1.807) is 0 Å². The van der Waals surface area contributed by atoms with Crippen LogP contribution in [0.1, 0.15) is 52.4 Å². The van der Waals surface area contributed by atoms with Gasteiger partial charge in [-0.2, -0.15) is 0 Å². The summed E-state index contributed by atoms with van der Waals surface area (Å²) in [5.41, 5.74) is 0. The maximum absolute atomic E-state index is 13.3. The van der Waals surface area contributed by atoms with Gasteiger partial charge in [0, 0.05) is 0 Å². The lowest BCUT2D eigenvalue weighted by molar-refractivity contribution is 0.153. The van der Waals surface area contributed by atoms with E-state index in [0.717, 1.165) is 37.0 Å². The average molecular weight is 198 g/mol. The van der Waals surface area contributed by atoms with E-state index in [-0.39, 0.29) is 0 Å². The van der Waals surface area contributed by atoms with Crippen LogP contribution in [0.15, 0.2) is 0 Å². The van der Waals surface area contributed by atoms with Crippen molar-refractivity contribution < 1.29 is 4.39 Å². The van der Waals surface area contributed by atoms with Gasteiger partial charge in [-0.15, -0.1) is 0 Å². The molecule has 2 aliphatic rings. The highest BCUT2D eigenvalue weighted by Gasteiger charge is 2.35. The van der Waals surface area contributed by atoms with Gasteiger partial charge in [0.15, 0.2) is 0 Å². The van der Waals surface area contributed by atoms with Crippen molar-refractivity contribution >= 4 is 0 Å². The van der Waals surface area contributed by atoms with E-state index in [0.29, 0.717) is 5.92 Å². The van der Waals surface area contributed by atoms with Crippen molar-refractivity contribution in [2.45, 2.75) is 58.5 Å². The fraction of sp³-hybridized carbons (Fsp3) is 1.00. The van der Waals surface area contributed by atoms with E-state index < -0.39 is 6.17 Å². The van der Waals surface area contributed by atoms with E-state index in [1.165, 1.54) is 19.3 Å². The first kappa shape index (κ1) is 10.4. The highest BCUT2D eigenvalue weighted by Crippen LogP contribution is 2.44. The molecule has 0 heterocycles. The maximum Gasteiger partial charge on any atom is 0.100 e. The Bertz CT molecular complexity index is 177. The SMILES string of the molecule is CC1CC(C2CCCC(F)C2)CC1C. The second-order valence-electron chi connectivity index (χ2n) is 5.71. The fourth-order valence-electron chi connectivity index (χ4n) is 3.49. The van der Waals surface area contributed by atoms with Crippen LogP contribution in [0.2, 0.25) is 0 Å². The molecule has 0 spiro atoms. The molecule has 82 valence electrons. The van der Waals surface area contributed by atoms with Crippen LogP contribution in [0.4, 0.5) is 4.39 Å². The van der Waals surface area contributed by atoms with Crippen LogP contribution in [0.25, 0.3) is 0 Å². The van der Waals surface area contributed by atoms with Crippen LogP contribution >= 0.6 is 0 Å². The van der Waals surface area contributed by atoms with Gasteiger partial charge >= 0.3 is 0 Å². The molecule has 0 aromatic heterocycles. The molecule has 0 saturated heterocycles. The van der Waals surface area contributed by atoms with E-state index in [1.807, 2.05) is 0 Å². The monoisotopic (exact) mass is 198 g/mol. The van der Waals surface area contributed by atoms with E-state index in [9.17, 15) is 4.39 Å². The Morgan fingerprint density at radius 2 is 1.50 bits per heavy atom. The molecule has 2 aliphatic carbocycles. The molecule has 14 heavy (non-hydrogen) atoms. The third-order valence-electron chi connectivity index (χ3n) is 4.64. The predicted octanol–water partition coefficient (Wildman–Crippen LogP) is 4.20. The van der Waals surface area contributed by atoms with Gasteiger partial charge in [-0.3, -0.25) is 0 Å². The minimum Gasteiger partial charge on any atom is -0.247 e. The largest absolute Gasteiger partial charge is 0.247 e. The molecule has 0 bridgehead atoms. The third kappa shape index (κ3) is 2.12. The van der Waals surface area contributed by atoms with E-state index >= 15 is 0 Å². The molecular weight excluding hydrogens is 175 g/mol. The van der Waals surface area contributed by atoms with Gasteiger partial charge in [0.25, 0.3) is 0 Å². The van der Waals surface area contributed by atoms with Gasteiger partial charge in [-0.1, -0.05) is 20.3 Å². The van der Waals surface area contributed by atoms with Crippen LogP contribution in [0.3, 0.4) is 0 Å². The summed E-state index contributed by atoms with van der Waals surface area (Å²) in [5, 5.41) is 0. The molecule has 0 nitrogen and oxygen atoms in total. The van der Waals surface area contributed by atoms with Crippen LogP contribution in [0.5, 0.6) is 0 Å². The highest BCUT2D eigenvalue weighted by atomic mass is 19.1. The molecule has 2 fully saturated rings. The molecular formula is C13H23F. The molecule has 4 unspecified atom stereocenters. The molecule has 0 N–H and O–H groups in total. The summed E-state index contributed by atoms with van der Waals surface area (Å²) in [7, 11) is 0. The Morgan fingerprint density at radius 3 is 2.07 bits per heavy atom. The summed E-state index contributed by atoms with van der Waals surface area (Å²) in [6, 6.07) is 0. The van der Waals surface area contributed by atoms with Gasteiger partial charge in [-0.05, 0) is 55.8 Å². The Kier molecular flexibility index (Phi) is 3.14. The molecule has 1 heteroatoms. The number of hydrogen-bond acceptors (Lipinski definition) is 0. The Balaban J connectivity index is 1.89. The molecule has 0 aromatic rings. The predicted molar refractivity (Wildman–Crippen MR) is 57.9 cm³/mol. The molecule has 0 amide bonds. The Morgan fingerprint density at radius 1 is 0.857 bits per heavy atom. The zero-order chi connectivity index (χ0) is 10.1.